The molecule has 49 heavy (non-hydrogen) atoms. The van der Waals surface area contributed by atoms with Crippen LogP contribution in [0.25, 0.3) is 0 Å². The summed E-state index contributed by atoms with van der Waals surface area (Å²) >= 11 is 0. The van der Waals surface area contributed by atoms with E-state index in [9.17, 15) is 19.4 Å². The number of allylic oxidation sites excluding steroid dienone is 4. The van der Waals surface area contributed by atoms with Gasteiger partial charge in [0.25, 0.3) is 0 Å². The zero-order valence-corrected chi connectivity index (χ0v) is 32.6. The number of alkyl halides is 1. The number of aliphatic hydroxyl groups is 1. The number of carboxylic acids is 1. The van der Waals surface area contributed by atoms with Crippen LogP contribution in [-0.4, -0.2) is 67.6 Å². The Kier molecular flexibility index (Phi) is 9.96. The van der Waals surface area contributed by atoms with E-state index in [0.717, 1.165) is 25.9 Å². The number of aliphatic hydroxyl groups excluding tert-OH is 1. The highest BCUT2D eigenvalue weighted by molar-refractivity contribution is 5.75. The van der Waals surface area contributed by atoms with Crippen LogP contribution >= 0.6 is 0 Å². The topological polar surface area (TPSA) is 72.8 Å². The van der Waals surface area contributed by atoms with Crippen LogP contribution in [0.5, 0.6) is 0 Å². The lowest BCUT2D eigenvalue weighted by Crippen LogP contribution is -2.66. The Hall–Kier alpha value is -1.24. The molecule has 6 heteroatoms. The van der Waals surface area contributed by atoms with Crippen LogP contribution in [0.15, 0.2) is 23.3 Å². The first-order chi connectivity index (χ1) is 22.9. The zero-order chi connectivity index (χ0) is 35.8. The summed E-state index contributed by atoms with van der Waals surface area (Å²) < 4.78 is 14.0. The summed E-state index contributed by atoms with van der Waals surface area (Å²) in [6, 6.07) is 0. The van der Waals surface area contributed by atoms with Crippen LogP contribution in [0.4, 0.5) is 4.39 Å². The number of nitrogens with one attached hydrogen (secondary N) is 1. The number of likely N-dealkylation sites (N-methyl/N-ethyl adjacent to an activating group) is 1. The van der Waals surface area contributed by atoms with Crippen molar-refractivity contribution in [3.8, 4) is 0 Å². The van der Waals surface area contributed by atoms with Gasteiger partial charge >= 0.3 is 5.97 Å². The molecule has 0 saturated heterocycles. The minimum Gasteiger partial charge on any atom is -0.481 e. The van der Waals surface area contributed by atoms with E-state index in [1.165, 1.54) is 56.1 Å². The van der Waals surface area contributed by atoms with Crippen LogP contribution in [0.1, 0.15) is 126 Å². The fraction of sp³-hybridized carbons (Fsp3) is 0.884. The minimum absolute atomic E-state index is 0.00351. The van der Waals surface area contributed by atoms with Crippen LogP contribution in [0.3, 0.4) is 0 Å². The van der Waals surface area contributed by atoms with Crippen molar-refractivity contribution in [2.24, 2.45) is 68.0 Å². The Balaban J connectivity index is 1.28. The molecule has 4 saturated carbocycles. The van der Waals surface area contributed by atoms with Crippen LogP contribution < -0.4 is 5.32 Å². The van der Waals surface area contributed by atoms with Gasteiger partial charge in [-0.3, -0.25) is 4.79 Å². The summed E-state index contributed by atoms with van der Waals surface area (Å²) in [6.45, 7) is 19.7. The van der Waals surface area contributed by atoms with E-state index in [-0.39, 0.29) is 33.2 Å². The third-order valence-electron chi connectivity index (χ3n) is 17.4. The molecule has 0 radical (unpaired) electrons. The average Bonchev–Trinajstić information content (AvgIpc) is 3.44. The Morgan fingerprint density at radius 3 is 2.29 bits per heavy atom. The number of halogens is 1. The van der Waals surface area contributed by atoms with E-state index < -0.39 is 18.1 Å². The second-order valence-electron chi connectivity index (χ2n) is 20.1. The number of aliphatic carboxylic acids is 1. The van der Waals surface area contributed by atoms with E-state index in [0.29, 0.717) is 61.3 Å². The van der Waals surface area contributed by atoms with Crippen molar-refractivity contribution in [1.29, 1.82) is 0 Å². The molecule has 0 aromatic carbocycles. The van der Waals surface area contributed by atoms with E-state index in [4.69, 9.17) is 0 Å². The molecule has 6 rings (SSSR count). The Labute approximate surface area is 298 Å². The SMILES string of the molecule is CC(C)C1CCC2(C(O)CNCCN(C)C)CC[C@]3(C)[C@H](CC[C@@H]4[C@@]5(C)CC=C(C6=CC[C@](CF)(C(=O)O)CC6)C(C)(C)[C@@H]5CC[C@]43C)[C@@H]12. The third-order valence-corrected chi connectivity index (χ3v) is 17.4. The standard InChI is InChI=1S/C43H71FN2O3/c1-28(2)30-14-21-43(35(47)26-45-24-25-46(8)9)23-22-40(6)32(36(30)43)10-11-34-39(5)17-15-31(38(3,4)33(39)16-18-41(34,40)7)29-12-19-42(27-44,20-13-29)37(48)49/h12,15,28,30,32-36,45,47H,10-11,13-14,16-27H2,1-9H3,(H,48,49)/t30?,32-,33+,34-,35?,36-,39+,40-,41-,42+,43?/m1/s1. The molecule has 11 atom stereocenters. The Morgan fingerprint density at radius 1 is 0.939 bits per heavy atom. The largest absolute Gasteiger partial charge is 0.481 e. The predicted octanol–water partition coefficient (Wildman–Crippen LogP) is 8.92. The number of carbonyl (C=O) groups is 1. The molecule has 6 aliphatic carbocycles. The maximum atomic E-state index is 14.0. The van der Waals surface area contributed by atoms with Gasteiger partial charge in [-0.25, -0.2) is 4.39 Å². The molecule has 0 amide bonds. The van der Waals surface area contributed by atoms with Crippen molar-refractivity contribution in [2.75, 3.05) is 40.4 Å². The molecule has 3 unspecified atom stereocenters. The molecule has 5 nitrogen and oxygen atoms in total. The molecule has 6 aliphatic rings. The lowest BCUT2D eigenvalue weighted by atomic mass is 9.32. The highest BCUT2D eigenvalue weighted by atomic mass is 19.1. The van der Waals surface area contributed by atoms with Gasteiger partial charge in [0, 0.05) is 25.0 Å². The average molecular weight is 683 g/mol. The van der Waals surface area contributed by atoms with Gasteiger partial charge in [0.15, 0.2) is 0 Å². The van der Waals surface area contributed by atoms with Crippen molar-refractivity contribution in [2.45, 2.75) is 132 Å². The highest BCUT2D eigenvalue weighted by Crippen LogP contribution is 2.78. The first-order valence-corrected chi connectivity index (χ1v) is 20.2. The fourth-order valence-corrected chi connectivity index (χ4v) is 14.4. The van der Waals surface area contributed by atoms with Gasteiger partial charge in [0.1, 0.15) is 6.67 Å². The fourth-order valence-electron chi connectivity index (χ4n) is 14.4. The molecule has 0 heterocycles. The number of hydrogen-bond acceptors (Lipinski definition) is 4. The second-order valence-corrected chi connectivity index (χ2v) is 20.1. The molecule has 0 aromatic rings. The molecule has 0 bridgehead atoms. The van der Waals surface area contributed by atoms with Gasteiger partial charge in [-0.1, -0.05) is 60.6 Å². The first-order valence-electron chi connectivity index (χ1n) is 20.2. The molecule has 0 aromatic heterocycles. The summed E-state index contributed by atoms with van der Waals surface area (Å²) in [5, 5.41) is 25.5. The van der Waals surface area contributed by atoms with Gasteiger partial charge in [-0.05, 0) is 159 Å². The smallest absolute Gasteiger partial charge is 0.312 e. The van der Waals surface area contributed by atoms with E-state index in [1.807, 2.05) is 0 Å². The number of hydrogen-bond donors (Lipinski definition) is 3. The summed E-state index contributed by atoms with van der Waals surface area (Å²) in [5.74, 6) is 2.82. The van der Waals surface area contributed by atoms with Crippen LogP contribution in [-0.2, 0) is 4.79 Å². The minimum atomic E-state index is -1.25. The second kappa shape index (κ2) is 13.0. The number of nitrogens with zero attached hydrogens (tertiary/aromatic N) is 1. The highest BCUT2D eigenvalue weighted by Gasteiger charge is 2.71. The van der Waals surface area contributed by atoms with Crippen LogP contribution in [0, 0.1) is 68.0 Å². The van der Waals surface area contributed by atoms with Gasteiger partial charge < -0.3 is 20.4 Å². The third kappa shape index (κ3) is 5.56. The lowest BCUT2D eigenvalue weighted by molar-refractivity contribution is -0.238. The van der Waals surface area contributed by atoms with Crippen LogP contribution in [0.2, 0.25) is 0 Å². The lowest BCUT2D eigenvalue weighted by Gasteiger charge is -2.72. The summed E-state index contributed by atoms with van der Waals surface area (Å²) in [4.78, 5) is 14.2. The van der Waals surface area contributed by atoms with Gasteiger partial charge in [-0.15, -0.1) is 0 Å². The number of fused-ring (bicyclic) bond motifs is 7. The van der Waals surface area contributed by atoms with Gasteiger partial charge in [0.05, 0.1) is 11.5 Å². The Bertz CT molecular complexity index is 1320. The molecule has 3 N–H and O–H groups in total. The molecular formula is C43H71FN2O3. The number of rotatable bonds is 10. The molecule has 278 valence electrons. The summed E-state index contributed by atoms with van der Waals surface area (Å²) in [5.41, 5.74) is 2.22. The summed E-state index contributed by atoms with van der Waals surface area (Å²) in [6.07, 6.45) is 16.7. The van der Waals surface area contributed by atoms with E-state index >= 15 is 0 Å². The van der Waals surface area contributed by atoms with Crippen molar-refractivity contribution in [3.05, 3.63) is 23.3 Å². The van der Waals surface area contributed by atoms with Crippen molar-refractivity contribution in [1.82, 2.24) is 10.2 Å². The summed E-state index contributed by atoms with van der Waals surface area (Å²) in [7, 11) is 4.23. The maximum absolute atomic E-state index is 14.0. The zero-order valence-electron chi connectivity index (χ0n) is 32.6. The van der Waals surface area contributed by atoms with Gasteiger partial charge in [0.2, 0.25) is 0 Å². The molecule has 0 aliphatic heterocycles. The number of carboxylic acid groups (broad SMARTS) is 1. The maximum Gasteiger partial charge on any atom is 0.312 e. The molecular weight excluding hydrogens is 611 g/mol. The predicted molar refractivity (Wildman–Crippen MR) is 198 cm³/mol. The normalized spacial score (nSPS) is 45.1. The monoisotopic (exact) mass is 683 g/mol. The molecule has 0 spiro atoms. The van der Waals surface area contributed by atoms with E-state index in [2.05, 4.69) is 84.9 Å². The van der Waals surface area contributed by atoms with E-state index in [1.54, 1.807) is 0 Å². The van der Waals surface area contributed by atoms with Crippen molar-refractivity contribution >= 4 is 5.97 Å². The molecule has 4 fully saturated rings. The van der Waals surface area contributed by atoms with Crippen molar-refractivity contribution < 1.29 is 19.4 Å². The first kappa shape index (κ1) is 37.5. The Morgan fingerprint density at radius 2 is 1.67 bits per heavy atom. The quantitative estimate of drug-likeness (QED) is 0.201. The van der Waals surface area contributed by atoms with Gasteiger partial charge in [-0.2, -0.15) is 0 Å². The van der Waals surface area contributed by atoms with Crippen molar-refractivity contribution in [3.63, 3.8) is 0 Å².